The molecule has 6 nitrogen and oxygen atoms in total. The highest BCUT2D eigenvalue weighted by molar-refractivity contribution is 5.83. The molecule has 2 aromatic rings. The lowest BCUT2D eigenvalue weighted by Crippen LogP contribution is -2.49. The van der Waals surface area contributed by atoms with Gasteiger partial charge in [0.15, 0.2) is 6.73 Å². The van der Waals surface area contributed by atoms with Crippen LogP contribution in [0, 0.1) is 11.3 Å². The van der Waals surface area contributed by atoms with Crippen molar-refractivity contribution in [3.63, 3.8) is 0 Å². The Labute approximate surface area is 203 Å². The molecule has 3 heterocycles. The van der Waals surface area contributed by atoms with E-state index in [-0.39, 0.29) is 25.1 Å². The second kappa shape index (κ2) is 9.15. The first kappa shape index (κ1) is 24.2. The van der Waals surface area contributed by atoms with E-state index in [2.05, 4.69) is 23.9 Å². The summed E-state index contributed by atoms with van der Waals surface area (Å²) in [6.07, 6.45) is 1.76. The highest BCUT2D eigenvalue weighted by atomic mass is 19.4. The number of ether oxygens (including phenoxy) is 1. The topological polar surface area (TPSA) is 58.8 Å². The zero-order chi connectivity index (χ0) is 24.8. The molecule has 2 fully saturated rings. The first-order chi connectivity index (χ1) is 16.7. The molecule has 2 atom stereocenters. The van der Waals surface area contributed by atoms with Crippen molar-refractivity contribution in [3.8, 4) is 5.75 Å². The van der Waals surface area contributed by atoms with Gasteiger partial charge in [-0.2, -0.15) is 13.2 Å². The standard InChI is InChI=1S/C26H32F3N3O3/c1-17(2)25(9-5-21(14-25)31-11-7-18(8-12-31)23-6-10-30-35-23)24(33)32-15-19-13-20(26(27,28)29)3-4-22(19)34-16-32/h3-4,6,10,13,17-18,21H,5,7-9,11-12,14-16H2,1-2H3/t21-,25+/m1/s1. The van der Waals surface area contributed by atoms with Gasteiger partial charge in [-0.25, -0.2) is 0 Å². The molecule has 1 aromatic carbocycles. The number of likely N-dealkylation sites (tertiary alicyclic amines) is 1. The molecule has 0 bridgehead atoms. The quantitative estimate of drug-likeness (QED) is 0.570. The molecule has 1 amide bonds. The number of alkyl halides is 3. The largest absolute Gasteiger partial charge is 0.473 e. The number of benzene rings is 1. The summed E-state index contributed by atoms with van der Waals surface area (Å²) in [6.45, 7) is 6.28. The van der Waals surface area contributed by atoms with E-state index in [0.29, 0.717) is 23.3 Å². The van der Waals surface area contributed by atoms with Crippen LogP contribution in [0.1, 0.15) is 68.8 Å². The van der Waals surface area contributed by atoms with Gasteiger partial charge in [0, 0.05) is 23.6 Å². The minimum absolute atomic E-state index is 0.00499. The normalized spacial score (nSPS) is 26.1. The minimum atomic E-state index is -4.43. The summed E-state index contributed by atoms with van der Waals surface area (Å²) in [5, 5.41) is 3.83. The van der Waals surface area contributed by atoms with Crippen molar-refractivity contribution < 1.29 is 27.2 Å². The molecule has 1 saturated heterocycles. The smallest absolute Gasteiger partial charge is 0.416 e. The van der Waals surface area contributed by atoms with Crippen molar-refractivity contribution in [2.45, 2.75) is 70.6 Å². The maximum absolute atomic E-state index is 13.9. The monoisotopic (exact) mass is 491 g/mol. The maximum atomic E-state index is 13.9. The van der Waals surface area contributed by atoms with Crippen LogP contribution < -0.4 is 4.74 Å². The van der Waals surface area contributed by atoms with Crippen LogP contribution in [0.4, 0.5) is 13.2 Å². The molecule has 2 aliphatic heterocycles. The summed E-state index contributed by atoms with van der Waals surface area (Å²) in [4.78, 5) is 18.0. The number of fused-ring (bicyclic) bond motifs is 1. The second-order valence-corrected chi connectivity index (χ2v) is 10.5. The molecule has 9 heteroatoms. The Morgan fingerprint density at radius 2 is 1.94 bits per heavy atom. The van der Waals surface area contributed by atoms with E-state index in [1.54, 1.807) is 11.1 Å². The van der Waals surface area contributed by atoms with Gasteiger partial charge in [0.1, 0.15) is 11.5 Å². The number of carbonyl (C=O) groups is 1. The molecular weight excluding hydrogens is 459 g/mol. The maximum Gasteiger partial charge on any atom is 0.416 e. The van der Waals surface area contributed by atoms with E-state index in [1.807, 2.05) is 6.07 Å². The summed E-state index contributed by atoms with van der Waals surface area (Å²) in [7, 11) is 0. The molecule has 0 radical (unpaired) electrons. The summed E-state index contributed by atoms with van der Waals surface area (Å²) in [5.41, 5.74) is -0.848. The van der Waals surface area contributed by atoms with Crippen LogP contribution in [-0.2, 0) is 17.5 Å². The SMILES string of the molecule is CC(C)[C@]1(C(=O)N2COc3ccc(C(F)(F)F)cc3C2)CC[C@@H](N2CCC(c3ccno3)CC2)C1. The van der Waals surface area contributed by atoms with E-state index in [1.165, 1.54) is 6.07 Å². The average Bonchev–Trinajstić information content (AvgIpc) is 3.54. The van der Waals surface area contributed by atoms with E-state index >= 15 is 0 Å². The van der Waals surface area contributed by atoms with Crippen LogP contribution in [0.25, 0.3) is 0 Å². The predicted molar refractivity (Wildman–Crippen MR) is 122 cm³/mol. The lowest BCUT2D eigenvalue weighted by molar-refractivity contribution is -0.150. The lowest BCUT2D eigenvalue weighted by Gasteiger charge is -2.41. The molecular formula is C26H32F3N3O3. The molecule has 190 valence electrons. The third-order valence-corrected chi connectivity index (χ3v) is 8.37. The number of aromatic nitrogens is 1. The molecule has 0 unspecified atom stereocenters. The van der Waals surface area contributed by atoms with E-state index in [4.69, 9.17) is 9.26 Å². The Balaban J connectivity index is 1.27. The summed E-state index contributed by atoms with van der Waals surface area (Å²) in [6, 6.07) is 5.75. The number of rotatable bonds is 4. The van der Waals surface area contributed by atoms with Crippen molar-refractivity contribution in [1.29, 1.82) is 0 Å². The summed E-state index contributed by atoms with van der Waals surface area (Å²) < 4.78 is 50.7. The minimum Gasteiger partial charge on any atom is -0.473 e. The van der Waals surface area contributed by atoms with Gasteiger partial charge in [0.05, 0.1) is 23.7 Å². The summed E-state index contributed by atoms with van der Waals surface area (Å²) in [5.74, 6) is 1.87. The van der Waals surface area contributed by atoms with Gasteiger partial charge in [-0.15, -0.1) is 0 Å². The summed E-state index contributed by atoms with van der Waals surface area (Å²) >= 11 is 0. The lowest BCUT2D eigenvalue weighted by atomic mass is 9.74. The number of hydrogen-bond donors (Lipinski definition) is 0. The number of halogens is 3. The number of piperidine rings is 1. The number of amides is 1. The second-order valence-electron chi connectivity index (χ2n) is 10.5. The number of carbonyl (C=O) groups excluding carboxylic acids is 1. The van der Waals surface area contributed by atoms with E-state index < -0.39 is 17.2 Å². The van der Waals surface area contributed by atoms with Crippen LogP contribution in [-0.4, -0.2) is 46.7 Å². The average molecular weight is 492 g/mol. The Hall–Kier alpha value is -2.55. The van der Waals surface area contributed by atoms with Gasteiger partial charge < -0.3 is 19.1 Å². The molecule has 1 aliphatic carbocycles. The third kappa shape index (κ3) is 4.55. The van der Waals surface area contributed by atoms with E-state index in [9.17, 15) is 18.0 Å². The zero-order valence-corrected chi connectivity index (χ0v) is 20.2. The van der Waals surface area contributed by atoms with Crippen molar-refractivity contribution in [3.05, 3.63) is 47.3 Å². The van der Waals surface area contributed by atoms with Crippen LogP contribution >= 0.6 is 0 Å². The first-order valence-electron chi connectivity index (χ1n) is 12.4. The van der Waals surface area contributed by atoms with Crippen LogP contribution in [0.2, 0.25) is 0 Å². The van der Waals surface area contributed by atoms with Crippen LogP contribution in [0.5, 0.6) is 5.75 Å². The number of hydrogen-bond acceptors (Lipinski definition) is 5. The Morgan fingerprint density at radius 3 is 2.60 bits per heavy atom. The van der Waals surface area contributed by atoms with Crippen molar-refractivity contribution in [1.82, 2.24) is 15.0 Å². The Morgan fingerprint density at radius 1 is 1.17 bits per heavy atom. The van der Waals surface area contributed by atoms with Crippen LogP contribution in [0.3, 0.4) is 0 Å². The fourth-order valence-corrected chi connectivity index (χ4v) is 6.18. The molecule has 0 spiro atoms. The van der Waals surface area contributed by atoms with Crippen LogP contribution in [0.15, 0.2) is 35.0 Å². The fraction of sp³-hybridized carbons (Fsp3) is 0.615. The molecule has 35 heavy (non-hydrogen) atoms. The highest BCUT2D eigenvalue weighted by Crippen LogP contribution is 2.49. The molecule has 1 aromatic heterocycles. The van der Waals surface area contributed by atoms with Crippen molar-refractivity contribution >= 4 is 5.91 Å². The first-order valence-corrected chi connectivity index (χ1v) is 12.4. The van der Waals surface area contributed by atoms with Gasteiger partial charge in [-0.3, -0.25) is 4.79 Å². The van der Waals surface area contributed by atoms with Gasteiger partial charge >= 0.3 is 6.18 Å². The Bertz CT molecular complexity index is 1050. The third-order valence-electron chi connectivity index (χ3n) is 8.37. The fourth-order valence-electron chi connectivity index (χ4n) is 6.18. The van der Waals surface area contributed by atoms with E-state index in [0.717, 1.165) is 63.1 Å². The Kier molecular flexibility index (Phi) is 6.32. The molecule has 1 saturated carbocycles. The zero-order valence-electron chi connectivity index (χ0n) is 20.2. The van der Waals surface area contributed by atoms with Gasteiger partial charge in [0.25, 0.3) is 0 Å². The van der Waals surface area contributed by atoms with Gasteiger partial charge in [-0.1, -0.05) is 19.0 Å². The number of nitrogens with zero attached hydrogens (tertiary/aromatic N) is 3. The molecule has 3 aliphatic rings. The molecule has 0 N–H and O–H groups in total. The van der Waals surface area contributed by atoms with Gasteiger partial charge in [0.2, 0.25) is 5.91 Å². The van der Waals surface area contributed by atoms with Crippen molar-refractivity contribution in [2.75, 3.05) is 19.8 Å². The van der Waals surface area contributed by atoms with Gasteiger partial charge in [-0.05, 0) is 69.3 Å². The molecule has 5 rings (SSSR count). The highest BCUT2D eigenvalue weighted by Gasteiger charge is 2.51. The van der Waals surface area contributed by atoms with Crippen molar-refractivity contribution in [2.24, 2.45) is 11.3 Å². The predicted octanol–water partition coefficient (Wildman–Crippen LogP) is 5.45.